The third-order valence-corrected chi connectivity index (χ3v) is 3.84. The fourth-order valence-electron chi connectivity index (χ4n) is 2.01. The molecular weight excluding hydrogens is 422 g/mol. The van der Waals surface area contributed by atoms with E-state index in [9.17, 15) is 14.4 Å². The first-order valence-electron chi connectivity index (χ1n) is 9.35. The van der Waals surface area contributed by atoms with Crippen LogP contribution in [-0.4, -0.2) is 68.2 Å². The van der Waals surface area contributed by atoms with Crippen molar-refractivity contribution in [3.63, 3.8) is 0 Å². The van der Waals surface area contributed by atoms with E-state index < -0.39 is 42.6 Å². The summed E-state index contributed by atoms with van der Waals surface area (Å²) in [5.74, 6) is -3.00. The van der Waals surface area contributed by atoms with Crippen LogP contribution in [0.5, 0.6) is 5.75 Å². The number of carboxylic acids is 3. The molecule has 0 unspecified atom stereocenters. The van der Waals surface area contributed by atoms with E-state index in [1.54, 1.807) is 12.1 Å². The van der Waals surface area contributed by atoms with Gasteiger partial charge in [-0.25, -0.2) is 0 Å². The number of hydrogen-bond acceptors (Lipinski definition) is 8. The van der Waals surface area contributed by atoms with Gasteiger partial charge in [0.2, 0.25) is 0 Å². The maximum atomic E-state index is 10.4. The van der Waals surface area contributed by atoms with Gasteiger partial charge < -0.3 is 42.7 Å². The van der Waals surface area contributed by atoms with Crippen molar-refractivity contribution in [1.29, 1.82) is 0 Å². The molecule has 11 nitrogen and oxygen atoms in total. The first-order chi connectivity index (χ1) is 15.0. The molecule has 0 aliphatic rings. The Labute approximate surface area is 184 Å². The fourth-order valence-corrected chi connectivity index (χ4v) is 2.01. The summed E-state index contributed by atoms with van der Waals surface area (Å²) < 4.78 is 0. The van der Waals surface area contributed by atoms with Gasteiger partial charge in [0, 0.05) is 0 Å². The minimum absolute atomic E-state index is 0.160. The highest BCUT2D eigenvalue weighted by Crippen LogP contribution is 2.10. The van der Waals surface area contributed by atoms with Crippen LogP contribution < -0.4 is 17.2 Å². The van der Waals surface area contributed by atoms with Crippen LogP contribution in [0.3, 0.4) is 0 Å². The number of aliphatic hydroxyl groups excluding tert-OH is 1. The van der Waals surface area contributed by atoms with E-state index in [2.05, 4.69) is 0 Å². The van der Waals surface area contributed by atoms with E-state index in [1.165, 1.54) is 12.1 Å². The van der Waals surface area contributed by atoms with Gasteiger partial charge in [-0.05, 0) is 36.1 Å². The third kappa shape index (κ3) is 12.9. The minimum atomic E-state index is -1.18. The second-order valence-electron chi connectivity index (χ2n) is 6.58. The Balaban J connectivity index is 0.000000473. The van der Waals surface area contributed by atoms with Crippen molar-refractivity contribution >= 4 is 17.9 Å². The number of hydrogen-bond donors (Lipinski definition) is 8. The summed E-state index contributed by atoms with van der Waals surface area (Å²) in [4.78, 5) is 30.4. The molecular formula is C21H29N3O8. The Morgan fingerprint density at radius 2 is 1.03 bits per heavy atom. The molecule has 0 saturated heterocycles. The molecule has 11 N–H and O–H groups in total. The van der Waals surface area contributed by atoms with E-state index in [1.807, 2.05) is 30.3 Å². The number of carbonyl (C=O) groups is 3. The number of aromatic hydroxyl groups is 1. The van der Waals surface area contributed by atoms with Gasteiger partial charge in [0.15, 0.2) is 0 Å². The van der Waals surface area contributed by atoms with Gasteiger partial charge >= 0.3 is 17.9 Å². The molecule has 0 radical (unpaired) electrons. The van der Waals surface area contributed by atoms with Gasteiger partial charge in [0.25, 0.3) is 0 Å². The molecule has 0 aliphatic carbocycles. The largest absolute Gasteiger partial charge is 0.508 e. The van der Waals surface area contributed by atoms with Crippen molar-refractivity contribution in [2.75, 3.05) is 6.61 Å². The van der Waals surface area contributed by atoms with Crippen LogP contribution in [0.15, 0.2) is 54.6 Å². The zero-order valence-corrected chi connectivity index (χ0v) is 17.2. The van der Waals surface area contributed by atoms with Crippen LogP contribution in [0.25, 0.3) is 0 Å². The molecule has 0 heterocycles. The topological polar surface area (TPSA) is 230 Å². The smallest absolute Gasteiger partial charge is 0.322 e. The molecule has 0 fully saturated rings. The molecule has 2 aromatic carbocycles. The van der Waals surface area contributed by atoms with E-state index in [4.69, 9.17) is 42.7 Å². The minimum Gasteiger partial charge on any atom is -0.508 e. The highest BCUT2D eigenvalue weighted by Gasteiger charge is 2.12. The highest BCUT2D eigenvalue weighted by atomic mass is 16.4. The Kier molecular flexibility index (Phi) is 13.6. The molecule has 3 atom stereocenters. The predicted octanol–water partition coefficient (Wildman–Crippen LogP) is -0.622. The number of benzene rings is 2. The van der Waals surface area contributed by atoms with Crippen LogP contribution in [0.2, 0.25) is 0 Å². The van der Waals surface area contributed by atoms with Crippen molar-refractivity contribution in [3.05, 3.63) is 65.7 Å². The van der Waals surface area contributed by atoms with Crippen molar-refractivity contribution < 1.29 is 39.9 Å². The maximum Gasteiger partial charge on any atom is 0.322 e. The van der Waals surface area contributed by atoms with Gasteiger partial charge in [-0.3, -0.25) is 14.4 Å². The maximum absolute atomic E-state index is 10.4. The first kappa shape index (κ1) is 28.5. The lowest BCUT2D eigenvalue weighted by molar-refractivity contribution is -0.140. The van der Waals surface area contributed by atoms with Crippen molar-refractivity contribution in [2.45, 2.75) is 31.0 Å². The lowest BCUT2D eigenvalue weighted by Gasteiger charge is -2.05. The Bertz CT molecular complexity index is 831. The van der Waals surface area contributed by atoms with Crippen LogP contribution in [0, 0.1) is 0 Å². The van der Waals surface area contributed by atoms with E-state index >= 15 is 0 Å². The monoisotopic (exact) mass is 451 g/mol. The van der Waals surface area contributed by atoms with Gasteiger partial charge in [-0.2, -0.15) is 0 Å². The summed E-state index contributed by atoms with van der Waals surface area (Å²) in [6.07, 6.45) is 0.659. The van der Waals surface area contributed by atoms with E-state index in [0.29, 0.717) is 6.42 Å². The summed E-state index contributed by atoms with van der Waals surface area (Å²) in [6.45, 7) is -0.505. The summed E-state index contributed by atoms with van der Waals surface area (Å²) in [5.41, 5.74) is 17.2. The molecule has 2 aromatic rings. The zero-order valence-electron chi connectivity index (χ0n) is 17.2. The van der Waals surface area contributed by atoms with Crippen LogP contribution >= 0.6 is 0 Å². The number of phenolic OH excluding ortho intramolecular Hbond substituents is 1. The fraction of sp³-hybridized carbons (Fsp3) is 0.286. The predicted molar refractivity (Wildman–Crippen MR) is 116 cm³/mol. The average molecular weight is 451 g/mol. The number of aliphatic hydroxyl groups is 1. The zero-order chi connectivity index (χ0) is 24.7. The lowest BCUT2D eigenvalue weighted by Crippen LogP contribution is -2.33. The van der Waals surface area contributed by atoms with E-state index in [0.717, 1.165) is 11.1 Å². The lowest BCUT2D eigenvalue weighted by atomic mass is 10.1. The van der Waals surface area contributed by atoms with E-state index in [-0.39, 0.29) is 12.2 Å². The quantitative estimate of drug-likeness (QED) is 0.252. The second kappa shape index (κ2) is 15.3. The highest BCUT2D eigenvalue weighted by molar-refractivity contribution is 5.74. The van der Waals surface area contributed by atoms with Gasteiger partial charge in [-0.1, -0.05) is 42.5 Å². The van der Waals surface area contributed by atoms with Crippen molar-refractivity contribution in [2.24, 2.45) is 17.2 Å². The van der Waals surface area contributed by atoms with Crippen LogP contribution in [-0.2, 0) is 27.2 Å². The normalized spacial score (nSPS) is 12.6. The molecule has 0 aliphatic heterocycles. The average Bonchev–Trinajstić information content (AvgIpc) is 2.76. The Morgan fingerprint density at radius 3 is 1.34 bits per heavy atom. The SMILES string of the molecule is N[C@@H](CO)C(=O)O.N[C@@H](Cc1ccc(O)cc1)C(=O)O.N[C@@H](Cc1ccccc1)C(=O)O. The molecule has 176 valence electrons. The summed E-state index contributed by atoms with van der Waals surface area (Å²) in [7, 11) is 0. The summed E-state index contributed by atoms with van der Waals surface area (Å²) in [5, 5.41) is 41.9. The molecule has 0 saturated carbocycles. The van der Waals surface area contributed by atoms with Gasteiger partial charge in [0.05, 0.1) is 6.61 Å². The molecule has 0 spiro atoms. The molecule has 11 heteroatoms. The second-order valence-corrected chi connectivity index (χ2v) is 6.58. The third-order valence-electron chi connectivity index (χ3n) is 3.84. The van der Waals surface area contributed by atoms with Crippen LogP contribution in [0.4, 0.5) is 0 Å². The standard InChI is InChI=1S/C9H11NO3.C9H11NO2.C3H7NO3/c10-8(9(12)13)5-6-1-3-7(11)4-2-6;10-8(9(11)12)6-7-4-2-1-3-5-7;4-2(1-5)3(6)7/h1-4,8,11H,5,10H2,(H,12,13);1-5,8H,6,10H2,(H,11,12);2,5H,1,4H2,(H,6,7)/t2*8-;2-/m000/s1. The molecule has 0 bridgehead atoms. The first-order valence-corrected chi connectivity index (χ1v) is 9.35. The number of phenols is 1. The van der Waals surface area contributed by atoms with Crippen LogP contribution in [0.1, 0.15) is 11.1 Å². The molecule has 0 amide bonds. The Hall–Kier alpha value is -3.51. The molecule has 0 aromatic heterocycles. The molecule has 2 rings (SSSR count). The van der Waals surface area contributed by atoms with Gasteiger partial charge in [-0.15, -0.1) is 0 Å². The van der Waals surface area contributed by atoms with Crippen molar-refractivity contribution in [3.8, 4) is 5.75 Å². The number of nitrogens with two attached hydrogens (primary N) is 3. The number of carboxylic acid groups (broad SMARTS) is 3. The number of aliphatic carboxylic acids is 3. The Morgan fingerprint density at radius 1 is 0.656 bits per heavy atom. The van der Waals surface area contributed by atoms with Gasteiger partial charge in [0.1, 0.15) is 23.9 Å². The van der Waals surface area contributed by atoms with Crippen molar-refractivity contribution in [1.82, 2.24) is 0 Å². The molecule has 32 heavy (non-hydrogen) atoms. The summed E-state index contributed by atoms with van der Waals surface area (Å²) in [6, 6.07) is 12.8. The number of rotatable bonds is 8. The summed E-state index contributed by atoms with van der Waals surface area (Å²) >= 11 is 0.